The fourth-order valence-corrected chi connectivity index (χ4v) is 4.92. The Kier molecular flexibility index (Phi) is 5.13. The molecule has 0 aliphatic carbocycles. The van der Waals surface area contributed by atoms with Crippen molar-refractivity contribution >= 4 is 17.5 Å². The van der Waals surface area contributed by atoms with E-state index in [0.29, 0.717) is 49.6 Å². The maximum Gasteiger partial charge on any atom is 0.255 e. The minimum Gasteiger partial charge on any atom is -0.490 e. The lowest BCUT2D eigenvalue weighted by Crippen LogP contribution is -2.59. The number of ether oxygens (including phenoxy) is 2. The van der Waals surface area contributed by atoms with E-state index in [4.69, 9.17) is 9.47 Å². The van der Waals surface area contributed by atoms with Gasteiger partial charge in [0.15, 0.2) is 0 Å². The van der Waals surface area contributed by atoms with Gasteiger partial charge in [-0.2, -0.15) is 0 Å². The van der Waals surface area contributed by atoms with E-state index in [-0.39, 0.29) is 17.4 Å². The monoisotopic (exact) mass is 433 g/mol. The van der Waals surface area contributed by atoms with Gasteiger partial charge in [-0.3, -0.25) is 9.59 Å². The molecule has 2 N–H and O–H groups in total. The SMILES string of the molecule is C=CCOc1ccc(C(=O)N2CCC3(CC2)CC2(CO3)NC(=O)c3ccccc3N2)cc1. The van der Waals surface area contributed by atoms with Crippen LogP contribution in [0, 0.1) is 0 Å². The van der Waals surface area contributed by atoms with Gasteiger partial charge in [-0.15, -0.1) is 0 Å². The van der Waals surface area contributed by atoms with Crippen LogP contribution in [0.2, 0.25) is 0 Å². The largest absolute Gasteiger partial charge is 0.490 e. The summed E-state index contributed by atoms with van der Waals surface area (Å²) >= 11 is 0. The van der Waals surface area contributed by atoms with E-state index < -0.39 is 5.66 Å². The first kappa shape index (κ1) is 20.6. The molecular weight excluding hydrogens is 406 g/mol. The summed E-state index contributed by atoms with van der Waals surface area (Å²) in [6, 6.07) is 14.7. The van der Waals surface area contributed by atoms with Gasteiger partial charge in [0.1, 0.15) is 18.0 Å². The van der Waals surface area contributed by atoms with E-state index >= 15 is 0 Å². The highest BCUT2D eigenvalue weighted by Gasteiger charge is 2.53. The topological polar surface area (TPSA) is 79.9 Å². The zero-order valence-electron chi connectivity index (χ0n) is 17.9. The number of anilines is 1. The lowest BCUT2D eigenvalue weighted by molar-refractivity contribution is -0.0393. The Morgan fingerprint density at radius 3 is 2.62 bits per heavy atom. The highest BCUT2D eigenvalue weighted by molar-refractivity contribution is 6.02. The Bertz CT molecular complexity index is 1040. The van der Waals surface area contributed by atoms with Gasteiger partial charge in [0.2, 0.25) is 0 Å². The minimum absolute atomic E-state index is 0.0147. The molecule has 2 saturated heterocycles. The third-order valence-corrected chi connectivity index (χ3v) is 6.58. The Balaban J connectivity index is 1.22. The predicted molar refractivity (Wildman–Crippen MR) is 121 cm³/mol. The van der Waals surface area contributed by atoms with Gasteiger partial charge in [-0.05, 0) is 49.2 Å². The standard InChI is InChI=1S/C25H27N3O4/c1-2-15-31-19-9-7-18(8-10-19)23(30)28-13-11-24(12-14-28)16-25(17-32-24)26-21-6-4-3-5-20(21)22(29)27-25/h2-10,26H,1,11-17H2,(H,27,29). The van der Waals surface area contributed by atoms with Crippen molar-refractivity contribution in [3.05, 3.63) is 72.3 Å². The van der Waals surface area contributed by atoms with Crippen molar-refractivity contribution in [3.63, 3.8) is 0 Å². The Labute approximate surface area is 187 Å². The number of nitrogens with zero attached hydrogens (tertiary/aromatic N) is 1. The Morgan fingerprint density at radius 1 is 1.12 bits per heavy atom. The smallest absolute Gasteiger partial charge is 0.255 e. The van der Waals surface area contributed by atoms with Crippen LogP contribution in [0.25, 0.3) is 0 Å². The average Bonchev–Trinajstić information content (AvgIpc) is 3.14. The summed E-state index contributed by atoms with van der Waals surface area (Å²) in [6.45, 7) is 5.72. The van der Waals surface area contributed by atoms with Crippen LogP contribution in [-0.4, -0.2) is 54.3 Å². The maximum atomic E-state index is 13.0. The molecule has 0 aromatic heterocycles. The van der Waals surface area contributed by atoms with Crippen LogP contribution in [-0.2, 0) is 4.74 Å². The van der Waals surface area contributed by atoms with Crippen molar-refractivity contribution in [1.29, 1.82) is 0 Å². The lowest BCUT2D eigenvalue weighted by atomic mass is 9.84. The second-order valence-electron chi connectivity index (χ2n) is 8.77. The average molecular weight is 434 g/mol. The quantitative estimate of drug-likeness (QED) is 0.724. The third kappa shape index (κ3) is 3.73. The van der Waals surface area contributed by atoms with Gasteiger partial charge in [0, 0.05) is 30.8 Å². The number of likely N-dealkylation sites (tertiary alicyclic amines) is 1. The van der Waals surface area contributed by atoms with Crippen molar-refractivity contribution in [2.75, 3.05) is 31.6 Å². The first-order valence-corrected chi connectivity index (χ1v) is 11.0. The van der Waals surface area contributed by atoms with Crippen LogP contribution in [0.5, 0.6) is 5.75 Å². The molecule has 3 aliphatic rings. The number of hydrogen-bond donors (Lipinski definition) is 2. The van der Waals surface area contributed by atoms with E-state index in [1.54, 1.807) is 30.3 Å². The molecular formula is C25H27N3O4. The number of carbonyl (C=O) groups excluding carboxylic acids is 2. The van der Waals surface area contributed by atoms with Gasteiger partial charge >= 0.3 is 0 Å². The fraction of sp³-hybridized carbons (Fsp3) is 0.360. The van der Waals surface area contributed by atoms with Gasteiger partial charge in [-0.25, -0.2) is 0 Å². The van der Waals surface area contributed by atoms with Gasteiger partial charge < -0.3 is 25.0 Å². The summed E-state index contributed by atoms with van der Waals surface area (Å²) in [6.07, 6.45) is 3.84. The summed E-state index contributed by atoms with van der Waals surface area (Å²) in [4.78, 5) is 27.5. The second-order valence-corrected chi connectivity index (χ2v) is 8.77. The maximum absolute atomic E-state index is 13.0. The summed E-state index contributed by atoms with van der Waals surface area (Å²) in [5.74, 6) is 0.654. The number of rotatable bonds is 4. The van der Waals surface area contributed by atoms with E-state index in [9.17, 15) is 9.59 Å². The van der Waals surface area contributed by atoms with E-state index in [0.717, 1.165) is 18.5 Å². The van der Waals surface area contributed by atoms with E-state index in [1.165, 1.54) is 0 Å². The van der Waals surface area contributed by atoms with Crippen LogP contribution in [0.15, 0.2) is 61.2 Å². The minimum atomic E-state index is -0.598. The molecule has 3 aliphatic heterocycles. The first-order chi connectivity index (χ1) is 15.5. The van der Waals surface area contributed by atoms with Crippen molar-refractivity contribution in [1.82, 2.24) is 10.2 Å². The molecule has 2 aromatic carbocycles. The highest BCUT2D eigenvalue weighted by Crippen LogP contribution is 2.43. The molecule has 0 bridgehead atoms. The summed E-state index contributed by atoms with van der Waals surface area (Å²) in [7, 11) is 0. The fourth-order valence-electron chi connectivity index (χ4n) is 4.92. The molecule has 0 saturated carbocycles. The number of nitrogens with one attached hydrogen (secondary N) is 2. The first-order valence-electron chi connectivity index (χ1n) is 11.0. The molecule has 2 spiro atoms. The molecule has 7 nitrogen and oxygen atoms in total. The third-order valence-electron chi connectivity index (χ3n) is 6.58. The molecule has 0 radical (unpaired) electrons. The van der Waals surface area contributed by atoms with Crippen LogP contribution in [0.4, 0.5) is 5.69 Å². The number of carbonyl (C=O) groups is 2. The molecule has 2 fully saturated rings. The lowest BCUT2D eigenvalue weighted by Gasteiger charge is -2.41. The molecule has 2 aromatic rings. The van der Waals surface area contributed by atoms with Crippen molar-refractivity contribution in [2.24, 2.45) is 0 Å². The molecule has 1 unspecified atom stereocenters. The predicted octanol–water partition coefficient (Wildman–Crippen LogP) is 3.20. The zero-order chi connectivity index (χ0) is 22.2. The molecule has 2 amide bonds. The molecule has 5 rings (SSSR count). The van der Waals surface area contributed by atoms with E-state index in [1.807, 2.05) is 29.2 Å². The van der Waals surface area contributed by atoms with E-state index in [2.05, 4.69) is 17.2 Å². The molecule has 166 valence electrons. The molecule has 3 heterocycles. The number of para-hydroxylation sites is 1. The molecule has 32 heavy (non-hydrogen) atoms. The molecule has 7 heteroatoms. The Hall–Kier alpha value is -3.32. The summed E-state index contributed by atoms with van der Waals surface area (Å²) in [5.41, 5.74) is 1.20. The van der Waals surface area contributed by atoms with Crippen molar-refractivity contribution in [2.45, 2.75) is 30.5 Å². The number of hydrogen-bond acceptors (Lipinski definition) is 5. The summed E-state index contributed by atoms with van der Waals surface area (Å²) < 4.78 is 11.8. The number of fused-ring (bicyclic) bond motifs is 1. The van der Waals surface area contributed by atoms with Gasteiger partial charge in [-0.1, -0.05) is 24.8 Å². The highest BCUT2D eigenvalue weighted by atomic mass is 16.5. The summed E-state index contributed by atoms with van der Waals surface area (Å²) in [5, 5.41) is 6.62. The zero-order valence-corrected chi connectivity index (χ0v) is 17.9. The molecule has 1 atom stereocenters. The normalized spacial score (nSPS) is 23.4. The van der Waals surface area contributed by atoms with Crippen molar-refractivity contribution in [3.8, 4) is 5.75 Å². The second kappa shape index (κ2) is 7.98. The number of amides is 2. The van der Waals surface area contributed by atoms with Crippen LogP contribution >= 0.6 is 0 Å². The Morgan fingerprint density at radius 2 is 1.88 bits per heavy atom. The number of benzene rings is 2. The van der Waals surface area contributed by atoms with Gasteiger partial charge in [0.25, 0.3) is 11.8 Å². The van der Waals surface area contributed by atoms with Crippen LogP contribution < -0.4 is 15.4 Å². The number of piperidine rings is 1. The van der Waals surface area contributed by atoms with Crippen molar-refractivity contribution < 1.29 is 19.1 Å². The van der Waals surface area contributed by atoms with Gasteiger partial charge in [0.05, 0.1) is 17.8 Å². The van der Waals surface area contributed by atoms with Crippen LogP contribution in [0.1, 0.15) is 40.0 Å². The van der Waals surface area contributed by atoms with Crippen LogP contribution in [0.3, 0.4) is 0 Å².